The van der Waals surface area contributed by atoms with Crippen LogP contribution in [0.5, 0.6) is 0 Å². The SMILES string of the molecule is CCNc1nc(Nc2ccc(Br)cc2C)nc(N(C)C)n1. The molecule has 6 nitrogen and oxygen atoms in total. The Kier molecular flexibility index (Phi) is 4.95. The van der Waals surface area contributed by atoms with Crippen molar-refractivity contribution < 1.29 is 0 Å². The summed E-state index contributed by atoms with van der Waals surface area (Å²) in [6.45, 7) is 4.80. The summed E-state index contributed by atoms with van der Waals surface area (Å²) < 4.78 is 1.04. The first-order chi connectivity index (χ1) is 9.99. The molecule has 1 aromatic heterocycles. The summed E-state index contributed by atoms with van der Waals surface area (Å²) in [6, 6.07) is 6.02. The lowest BCUT2D eigenvalue weighted by Crippen LogP contribution is -2.16. The van der Waals surface area contributed by atoms with Gasteiger partial charge in [-0.1, -0.05) is 15.9 Å². The first-order valence-corrected chi connectivity index (χ1v) is 7.49. The van der Waals surface area contributed by atoms with E-state index in [1.165, 1.54) is 0 Å². The molecule has 0 atom stereocenters. The number of anilines is 4. The van der Waals surface area contributed by atoms with Crippen LogP contribution in [0.4, 0.5) is 23.5 Å². The largest absolute Gasteiger partial charge is 0.354 e. The molecule has 2 rings (SSSR count). The van der Waals surface area contributed by atoms with Crippen LogP contribution in [0.15, 0.2) is 22.7 Å². The third-order valence-electron chi connectivity index (χ3n) is 2.79. The molecule has 2 aromatic rings. The van der Waals surface area contributed by atoms with Crippen LogP contribution in [0, 0.1) is 6.92 Å². The Bertz CT molecular complexity index is 629. The van der Waals surface area contributed by atoms with Gasteiger partial charge >= 0.3 is 0 Å². The van der Waals surface area contributed by atoms with Gasteiger partial charge in [-0.05, 0) is 37.6 Å². The van der Waals surface area contributed by atoms with E-state index in [1.807, 2.05) is 51.0 Å². The fourth-order valence-corrected chi connectivity index (χ4v) is 2.22. The van der Waals surface area contributed by atoms with Crippen LogP contribution < -0.4 is 15.5 Å². The quantitative estimate of drug-likeness (QED) is 0.863. The number of halogens is 1. The maximum atomic E-state index is 4.41. The van der Waals surface area contributed by atoms with Crippen LogP contribution >= 0.6 is 15.9 Å². The van der Waals surface area contributed by atoms with E-state index in [1.54, 1.807) is 0 Å². The predicted octanol–water partition coefficient (Wildman–Crippen LogP) is 3.18. The molecule has 21 heavy (non-hydrogen) atoms. The van der Waals surface area contributed by atoms with Gasteiger partial charge in [-0.2, -0.15) is 15.0 Å². The minimum absolute atomic E-state index is 0.523. The van der Waals surface area contributed by atoms with E-state index >= 15 is 0 Å². The summed E-state index contributed by atoms with van der Waals surface area (Å²) in [6.07, 6.45) is 0. The monoisotopic (exact) mass is 350 g/mol. The molecule has 0 radical (unpaired) electrons. The van der Waals surface area contributed by atoms with Crippen molar-refractivity contribution >= 4 is 39.5 Å². The van der Waals surface area contributed by atoms with Gasteiger partial charge in [-0.15, -0.1) is 0 Å². The van der Waals surface area contributed by atoms with Crippen molar-refractivity contribution in [3.63, 3.8) is 0 Å². The van der Waals surface area contributed by atoms with Crippen LogP contribution in [-0.2, 0) is 0 Å². The van der Waals surface area contributed by atoms with E-state index in [2.05, 4.69) is 41.5 Å². The van der Waals surface area contributed by atoms with Crippen molar-refractivity contribution in [2.75, 3.05) is 36.2 Å². The number of nitrogens with zero attached hydrogens (tertiary/aromatic N) is 4. The second-order valence-corrected chi connectivity index (χ2v) is 5.71. The van der Waals surface area contributed by atoms with Gasteiger partial charge < -0.3 is 15.5 Å². The number of benzene rings is 1. The van der Waals surface area contributed by atoms with Crippen LogP contribution in [0.1, 0.15) is 12.5 Å². The number of rotatable bonds is 5. The van der Waals surface area contributed by atoms with Crippen molar-refractivity contribution in [2.24, 2.45) is 0 Å². The van der Waals surface area contributed by atoms with E-state index in [0.29, 0.717) is 17.8 Å². The topological polar surface area (TPSA) is 66.0 Å². The van der Waals surface area contributed by atoms with Crippen LogP contribution in [0.2, 0.25) is 0 Å². The van der Waals surface area contributed by atoms with Crippen LogP contribution in [0.3, 0.4) is 0 Å². The standard InChI is InChI=1S/C14H19BrN6/c1-5-16-12-18-13(20-14(19-12)21(3)4)17-11-7-6-10(15)8-9(11)2/h6-8H,5H2,1-4H3,(H2,16,17,18,19,20). The molecule has 0 fully saturated rings. The first-order valence-electron chi connectivity index (χ1n) is 6.70. The molecule has 0 aliphatic heterocycles. The molecule has 0 amide bonds. The van der Waals surface area contributed by atoms with Gasteiger partial charge in [0.25, 0.3) is 0 Å². The van der Waals surface area contributed by atoms with Gasteiger partial charge in [0, 0.05) is 30.8 Å². The molecule has 0 aliphatic rings. The van der Waals surface area contributed by atoms with Crippen molar-refractivity contribution in [1.82, 2.24) is 15.0 Å². The Morgan fingerprint density at radius 2 is 1.86 bits per heavy atom. The van der Waals surface area contributed by atoms with Crippen LogP contribution in [-0.4, -0.2) is 35.6 Å². The Morgan fingerprint density at radius 3 is 2.48 bits per heavy atom. The number of hydrogen-bond donors (Lipinski definition) is 2. The highest BCUT2D eigenvalue weighted by molar-refractivity contribution is 9.10. The number of aromatic nitrogens is 3. The fourth-order valence-electron chi connectivity index (χ4n) is 1.75. The number of aryl methyl sites for hydroxylation is 1. The van der Waals surface area contributed by atoms with Gasteiger partial charge in [0.2, 0.25) is 17.8 Å². The van der Waals surface area contributed by atoms with E-state index in [-0.39, 0.29) is 0 Å². The van der Waals surface area contributed by atoms with Gasteiger partial charge in [0.05, 0.1) is 0 Å². The normalized spacial score (nSPS) is 10.3. The number of hydrogen-bond acceptors (Lipinski definition) is 6. The summed E-state index contributed by atoms with van der Waals surface area (Å²) in [5, 5.41) is 6.36. The van der Waals surface area contributed by atoms with Crippen molar-refractivity contribution in [3.8, 4) is 0 Å². The highest BCUT2D eigenvalue weighted by Gasteiger charge is 2.09. The Balaban J connectivity index is 2.33. The highest BCUT2D eigenvalue weighted by atomic mass is 79.9. The Morgan fingerprint density at radius 1 is 1.14 bits per heavy atom. The van der Waals surface area contributed by atoms with Crippen molar-refractivity contribution in [1.29, 1.82) is 0 Å². The summed E-state index contributed by atoms with van der Waals surface area (Å²) >= 11 is 3.46. The summed E-state index contributed by atoms with van der Waals surface area (Å²) in [5.41, 5.74) is 2.08. The Hall–Kier alpha value is -1.89. The molecule has 112 valence electrons. The smallest absolute Gasteiger partial charge is 0.233 e. The third kappa shape index (κ3) is 4.04. The molecule has 0 spiro atoms. The van der Waals surface area contributed by atoms with E-state index in [0.717, 1.165) is 22.3 Å². The second kappa shape index (κ2) is 6.71. The minimum Gasteiger partial charge on any atom is -0.354 e. The zero-order chi connectivity index (χ0) is 15.4. The summed E-state index contributed by atoms with van der Waals surface area (Å²) in [4.78, 5) is 15.0. The highest BCUT2D eigenvalue weighted by Crippen LogP contribution is 2.23. The molecular formula is C14H19BrN6. The van der Waals surface area contributed by atoms with Gasteiger partial charge in [-0.25, -0.2) is 0 Å². The fraction of sp³-hybridized carbons (Fsp3) is 0.357. The maximum Gasteiger partial charge on any atom is 0.233 e. The maximum absolute atomic E-state index is 4.41. The van der Waals surface area contributed by atoms with E-state index in [4.69, 9.17) is 0 Å². The zero-order valence-electron chi connectivity index (χ0n) is 12.6. The summed E-state index contributed by atoms with van der Waals surface area (Å²) in [5.74, 6) is 1.70. The molecule has 1 heterocycles. The van der Waals surface area contributed by atoms with Crippen molar-refractivity contribution in [3.05, 3.63) is 28.2 Å². The second-order valence-electron chi connectivity index (χ2n) is 4.79. The minimum atomic E-state index is 0.523. The predicted molar refractivity (Wildman–Crippen MR) is 90.5 cm³/mol. The molecule has 0 unspecified atom stereocenters. The van der Waals surface area contributed by atoms with Gasteiger partial charge in [-0.3, -0.25) is 0 Å². The molecule has 7 heteroatoms. The van der Waals surface area contributed by atoms with Gasteiger partial charge in [0.15, 0.2) is 0 Å². The third-order valence-corrected chi connectivity index (χ3v) is 3.29. The molecule has 1 aromatic carbocycles. The lowest BCUT2D eigenvalue weighted by molar-refractivity contribution is 0.953. The molecular weight excluding hydrogens is 332 g/mol. The molecule has 0 saturated carbocycles. The van der Waals surface area contributed by atoms with E-state index < -0.39 is 0 Å². The molecule has 0 aliphatic carbocycles. The average Bonchev–Trinajstić information content (AvgIpc) is 2.42. The summed E-state index contributed by atoms with van der Waals surface area (Å²) in [7, 11) is 3.80. The lowest BCUT2D eigenvalue weighted by atomic mass is 10.2. The van der Waals surface area contributed by atoms with Crippen molar-refractivity contribution in [2.45, 2.75) is 13.8 Å². The zero-order valence-corrected chi connectivity index (χ0v) is 14.2. The lowest BCUT2D eigenvalue weighted by Gasteiger charge is -2.14. The van der Waals surface area contributed by atoms with Crippen LogP contribution in [0.25, 0.3) is 0 Å². The Labute approximate surface area is 133 Å². The molecule has 0 saturated heterocycles. The molecule has 0 bridgehead atoms. The van der Waals surface area contributed by atoms with Gasteiger partial charge in [0.1, 0.15) is 0 Å². The average molecular weight is 351 g/mol. The first kappa shape index (κ1) is 15.5. The molecule has 2 N–H and O–H groups in total. The number of nitrogens with one attached hydrogen (secondary N) is 2. The van der Waals surface area contributed by atoms with E-state index in [9.17, 15) is 0 Å².